The molecule has 1 saturated carbocycles. The summed E-state index contributed by atoms with van der Waals surface area (Å²) in [5.41, 5.74) is 0. The van der Waals surface area contributed by atoms with Crippen LogP contribution in [0.1, 0.15) is 13.3 Å². The second-order valence-electron chi connectivity index (χ2n) is 2.10. The lowest BCUT2D eigenvalue weighted by molar-refractivity contribution is -0.109. The van der Waals surface area contributed by atoms with E-state index in [1.807, 2.05) is 0 Å². The Labute approximate surface area is 42.9 Å². The third kappa shape index (κ3) is 0.918. The molecule has 0 radical (unpaired) electrons. The van der Waals surface area contributed by atoms with Crippen molar-refractivity contribution in [3.05, 3.63) is 0 Å². The number of carbonyl (C=O) groups excluding carboxylic acids is 1. The molecule has 0 saturated heterocycles. The molecule has 2 heteroatoms. The monoisotopic (exact) mass is 99.1 g/mol. The molecular weight excluding hydrogens is 90.1 g/mol. The van der Waals surface area contributed by atoms with Crippen LogP contribution in [0.3, 0.4) is 0 Å². The Balaban J connectivity index is 2.08. The first-order valence-electron chi connectivity index (χ1n) is 2.54. The van der Waals surface area contributed by atoms with E-state index in [2.05, 4.69) is 12.2 Å². The molecule has 0 aromatic heterocycles. The van der Waals surface area contributed by atoms with Gasteiger partial charge in [0.05, 0.1) is 0 Å². The molecule has 1 N–H and O–H groups in total. The largest absolute Gasteiger partial charge is 0.356 e. The van der Waals surface area contributed by atoms with Crippen LogP contribution in [0.25, 0.3) is 0 Å². The summed E-state index contributed by atoms with van der Waals surface area (Å²) in [6.07, 6.45) is 1.94. The Kier molecular flexibility index (Phi) is 1.01. The topological polar surface area (TPSA) is 29.1 Å². The molecule has 0 spiro atoms. The molecule has 7 heavy (non-hydrogen) atoms. The van der Waals surface area contributed by atoms with Crippen LogP contribution in [-0.2, 0) is 4.79 Å². The summed E-state index contributed by atoms with van der Waals surface area (Å²) in [4.78, 5) is 9.69. The first-order valence-corrected chi connectivity index (χ1v) is 2.54. The fraction of sp³-hybridized carbons (Fsp3) is 0.800. The van der Waals surface area contributed by atoms with Gasteiger partial charge in [0.25, 0.3) is 0 Å². The summed E-state index contributed by atoms with van der Waals surface area (Å²) in [7, 11) is 0. The van der Waals surface area contributed by atoms with Crippen molar-refractivity contribution < 1.29 is 4.79 Å². The molecule has 40 valence electrons. The molecule has 1 fully saturated rings. The summed E-state index contributed by atoms with van der Waals surface area (Å²) in [5, 5.41) is 2.69. The maximum absolute atomic E-state index is 9.69. The second kappa shape index (κ2) is 1.52. The van der Waals surface area contributed by atoms with E-state index >= 15 is 0 Å². The number of hydrogen-bond donors (Lipinski definition) is 1. The molecule has 1 aliphatic carbocycles. The molecule has 1 rings (SSSR count). The lowest BCUT2D eigenvalue weighted by atomic mass is 10.5. The Morgan fingerprint density at radius 3 is 2.57 bits per heavy atom. The molecule has 0 aliphatic heterocycles. The van der Waals surface area contributed by atoms with Crippen molar-refractivity contribution in [2.75, 3.05) is 0 Å². The van der Waals surface area contributed by atoms with Crippen LogP contribution in [-0.4, -0.2) is 12.5 Å². The summed E-state index contributed by atoms with van der Waals surface area (Å²) in [6.45, 7) is 2.13. The molecule has 2 nitrogen and oxygen atoms in total. The van der Waals surface area contributed by atoms with Crippen molar-refractivity contribution >= 4 is 6.41 Å². The Morgan fingerprint density at radius 2 is 2.43 bits per heavy atom. The van der Waals surface area contributed by atoms with E-state index in [-0.39, 0.29) is 0 Å². The number of hydrogen-bond acceptors (Lipinski definition) is 1. The summed E-state index contributed by atoms with van der Waals surface area (Å²) in [6, 6.07) is 0.498. The quantitative estimate of drug-likeness (QED) is 0.490. The molecule has 0 heterocycles. The van der Waals surface area contributed by atoms with Crippen LogP contribution in [0.5, 0.6) is 0 Å². The number of carbonyl (C=O) groups is 1. The highest BCUT2D eigenvalue weighted by atomic mass is 16.1. The van der Waals surface area contributed by atoms with Gasteiger partial charge in [0.15, 0.2) is 0 Å². The predicted octanol–water partition coefficient (Wildman–Crippen LogP) is 0.141. The lowest BCUT2D eigenvalue weighted by Gasteiger charge is -1.86. The van der Waals surface area contributed by atoms with Crippen LogP contribution in [0, 0.1) is 5.92 Å². The van der Waals surface area contributed by atoms with Gasteiger partial charge < -0.3 is 5.32 Å². The van der Waals surface area contributed by atoms with Crippen LogP contribution in [0.2, 0.25) is 0 Å². The molecule has 1 amide bonds. The standard InChI is InChI=1S/C5H9NO/c1-4-2-5(4)6-3-7/h3-5H,2H2,1H3,(H,6,7)/t4-,5?/m1/s1. The minimum Gasteiger partial charge on any atom is -0.356 e. The zero-order chi connectivity index (χ0) is 5.28. The fourth-order valence-electron chi connectivity index (χ4n) is 0.642. The van der Waals surface area contributed by atoms with E-state index in [9.17, 15) is 4.79 Å². The molecule has 0 aromatic rings. The lowest BCUT2D eigenvalue weighted by Crippen LogP contribution is -2.14. The van der Waals surface area contributed by atoms with E-state index in [0.29, 0.717) is 6.04 Å². The van der Waals surface area contributed by atoms with Crippen molar-refractivity contribution in [2.45, 2.75) is 19.4 Å². The normalized spacial score (nSPS) is 37.3. The zero-order valence-electron chi connectivity index (χ0n) is 4.35. The minimum absolute atomic E-state index is 0.498. The SMILES string of the molecule is C[C@@H]1CC1NC=O. The number of amides is 1. The van der Waals surface area contributed by atoms with Crippen LogP contribution in [0.4, 0.5) is 0 Å². The van der Waals surface area contributed by atoms with Crippen molar-refractivity contribution in [3.8, 4) is 0 Å². The molecule has 0 aromatic carbocycles. The van der Waals surface area contributed by atoms with E-state index in [1.165, 1.54) is 6.42 Å². The van der Waals surface area contributed by atoms with E-state index < -0.39 is 0 Å². The van der Waals surface area contributed by atoms with Crippen LogP contribution in [0.15, 0.2) is 0 Å². The second-order valence-corrected chi connectivity index (χ2v) is 2.10. The summed E-state index contributed by atoms with van der Waals surface area (Å²) < 4.78 is 0. The highest BCUT2D eigenvalue weighted by molar-refractivity contribution is 5.47. The van der Waals surface area contributed by atoms with Gasteiger partial charge in [0, 0.05) is 6.04 Å². The van der Waals surface area contributed by atoms with Crippen molar-refractivity contribution in [3.63, 3.8) is 0 Å². The van der Waals surface area contributed by atoms with Crippen molar-refractivity contribution in [1.82, 2.24) is 5.32 Å². The van der Waals surface area contributed by atoms with E-state index in [1.54, 1.807) is 0 Å². The van der Waals surface area contributed by atoms with Crippen molar-refractivity contribution in [1.29, 1.82) is 0 Å². The van der Waals surface area contributed by atoms with Gasteiger partial charge in [0.1, 0.15) is 0 Å². The zero-order valence-corrected chi connectivity index (χ0v) is 4.35. The molecule has 1 unspecified atom stereocenters. The number of rotatable bonds is 2. The summed E-state index contributed by atoms with van der Waals surface area (Å²) in [5.74, 6) is 0.727. The third-order valence-corrected chi connectivity index (χ3v) is 1.39. The highest BCUT2D eigenvalue weighted by Crippen LogP contribution is 2.28. The molecule has 0 bridgehead atoms. The van der Waals surface area contributed by atoms with E-state index in [0.717, 1.165) is 12.3 Å². The molecule has 2 atom stereocenters. The van der Waals surface area contributed by atoms with Crippen LogP contribution < -0.4 is 5.32 Å². The van der Waals surface area contributed by atoms with Gasteiger partial charge in [-0.1, -0.05) is 6.92 Å². The van der Waals surface area contributed by atoms with Gasteiger partial charge in [0.2, 0.25) is 6.41 Å². The summed E-state index contributed by atoms with van der Waals surface area (Å²) >= 11 is 0. The first-order chi connectivity index (χ1) is 3.34. The Morgan fingerprint density at radius 1 is 1.86 bits per heavy atom. The molecule has 1 aliphatic rings. The first kappa shape index (κ1) is 4.62. The third-order valence-electron chi connectivity index (χ3n) is 1.39. The Bertz CT molecular complexity index is 82.1. The van der Waals surface area contributed by atoms with E-state index in [4.69, 9.17) is 0 Å². The average molecular weight is 99.1 g/mol. The Hall–Kier alpha value is -0.530. The predicted molar refractivity (Wildman–Crippen MR) is 26.8 cm³/mol. The average Bonchev–Trinajstić information content (AvgIpc) is 2.22. The maximum atomic E-state index is 9.69. The van der Waals surface area contributed by atoms with Gasteiger partial charge >= 0.3 is 0 Å². The maximum Gasteiger partial charge on any atom is 0.207 e. The highest BCUT2D eigenvalue weighted by Gasteiger charge is 2.31. The van der Waals surface area contributed by atoms with Gasteiger partial charge in [-0.05, 0) is 12.3 Å². The van der Waals surface area contributed by atoms with Gasteiger partial charge in [-0.3, -0.25) is 4.79 Å². The van der Waals surface area contributed by atoms with Crippen LogP contribution >= 0.6 is 0 Å². The van der Waals surface area contributed by atoms with Crippen molar-refractivity contribution in [2.24, 2.45) is 5.92 Å². The smallest absolute Gasteiger partial charge is 0.207 e. The molecular formula is C5H9NO. The number of nitrogens with one attached hydrogen (secondary N) is 1. The van der Waals surface area contributed by atoms with Gasteiger partial charge in [-0.15, -0.1) is 0 Å². The van der Waals surface area contributed by atoms with Gasteiger partial charge in [-0.2, -0.15) is 0 Å². The fourth-order valence-corrected chi connectivity index (χ4v) is 0.642. The minimum atomic E-state index is 0.498. The van der Waals surface area contributed by atoms with Gasteiger partial charge in [-0.25, -0.2) is 0 Å².